The Bertz CT molecular complexity index is 2750. The molecule has 0 bridgehead atoms. The van der Waals surface area contributed by atoms with Gasteiger partial charge in [0.1, 0.15) is 36.8 Å². The van der Waals surface area contributed by atoms with Crippen molar-refractivity contribution in [3.63, 3.8) is 0 Å². The largest absolute Gasteiger partial charge is 0.463 e. The van der Waals surface area contributed by atoms with Gasteiger partial charge in [-0.1, -0.05) is 117 Å². The van der Waals surface area contributed by atoms with Crippen LogP contribution in [-0.4, -0.2) is 214 Å². The van der Waals surface area contributed by atoms with E-state index in [1.165, 1.54) is 85.7 Å². The van der Waals surface area contributed by atoms with Crippen molar-refractivity contribution in [3.05, 3.63) is 30.1 Å². The lowest BCUT2D eigenvalue weighted by molar-refractivity contribution is -0.157. The van der Waals surface area contributed by atoms with E-state index in [2.05, 4.69) is 10.3 Å². The molecule has 1 aromatic rings. The predicted octanol–water partition coefficient (Wildman–Crippen LogP) is 8.20. The van der Waals surface area contributed by atoms with E-state index >= 15 is 28.8 Å². The van der Waals surface area contributed by atoms with Gasteiger partial charge in [-0.2, -0.15) is 0 Å². The number of likely N-dealkylation sites (N-methyl/N-ethyl adjacent to an activating group) is 7. The van der Waals surface area contributed by atoms with Crippen LogP contribution in [0.3, 0.4) is 0 Å². The van der Waals surface area contributed by atoms with Crippen LogP contribution in [-0.2, 0) is 68.7 Å². The van der Waals surface area contributed by atoms with E-state index in [0.29, 0.717) is 19.3 Å². The van der Waals surface area contributed by atoms with Gasteiger partial charge in [-0.15, -0.1) is 0 Å². The van der Waals surface area contributed by atoms with Crippen LogP contribution in [0.1, 0.15) is 195 Å². The van der Waals surface area contributed by atoms with Crippen molar-refractivity contribution in [2.45, 2.75) is 244 Å². The number of carbonyl (C=O) groups is 12. The van der Waals surface area contributed by atoms with E-state index in [0.717, 1.165) is 17.5 Å². The number of nitrogens with one attached hydrogen (secondary N) is 1. The molecule has 1 saturated heterocycles. The number of Topliss-reactive ketones (excluding diaryl/α,β-unsaturated/α-hetero) is 3. The Kier molecular flexibility index (Phi) is 34.6. The molecular weight excluding hydrogens is 1210 g/mol. The van der Waals surface area contributed by atoms with E-state index < -0.39 is 161 Å². The Morgan fingerprint density at radius 3 is 1.42 bits per heavy atom. The summed E-state index contributed by atoms with van der Waals surface area (Å²) in [5.41, 5.74) is 0.899. The topological polar surface area (TPSA) is 262 Å². The summed E-state index contributed by atoms with van der Waals surface area (Å²) >= 11 is 0. The van der Waals surface area contributed by atoms with Gasteiger partial charge in [0, 0.05) is 105 Å². The molecule has 1 fully saturated rings. The molecule has 22 heteroatoms. The monoisotopic (exact) mass is 1330 g/mol. The van der Waals surface area contributed by atoms with Crippen molar-refractivity contribution >= 4 is 70.6 Å². The van der Waals surface area contributed by atoms with E-state index in [9.17, 15) is 28.8 Å². The minimum absolute atomic E-state index is 0.0960. The van der Waals surface area contributed by atoms with Crippen LogP contribution in [0.25, 0.3) is 0 Å². The van der Waals surface area contributed by atoms with Crippen LogP contribution in [0.4, 0.5) is 0 Å². The van der Waals surface area contributed by atoms with Gasteiger partial charge < -0.3 is 44.4 Å². The van der Waals surface area contributed by atoms with Crippen molar-refractivity contribution in [1.29, 1.82) is 0 Å². The van der Waals surface area contributed by atoms with Gasteiger partial charge in [0.05, 0.1) is 18.1 Å². The first-order valence-corrected chi connectivity index (χ1v) is 34.8. The number of amides is 8. The number of rotatable bonds is 19. The first-order valence-electron chi connectivity index (χ1n) is 34.8. The Morgan fingerprint density at radius 1 is 0.516 bits per heavy atom. The van der Waals surface area contributed by atoms with E-state index in [1.807, 2.05) is 87.4 Å². The first kappa shape index (κ1) is 84.5. The van der Waals surface area contributed by atoms with Gasteiger partial charge in [-0.3, -0.25) is 62.5 Å². The Labute approximate surface area is 569 Å². The fourth-order valence-electron chi connectivity index (χ4n) is 13.2. The molecule has 2 rings (SSSR count). The summed E-state index contributed by atoms with van der Waals surface area (Å²) < 4.78 is 5.48. The third-order valence-electron chi connectivity index (χ3n) is 19.4. The summed E-state index contributed by atoms with van der Waals surface area (Å²) in [7, 11) is 10.3. The second kappa shape index (κ2) is 39.0. The molecule has 1 aliphatic heterocycles. The molecule has 0 spiro atoms. The highest BCUT2D eigenvalue weighted by molar-refractivity contribution is 6.00. The summed E-state index contributed by atoms with van der Waals surface area (Å²) in [4.78, 5) is 191. The minimum Gasteiger partial charge on any atom is -0.463 e. The maximum Gasteiger partial charge on any atom is 0.302 e. The SMILES string of the molecule is CC[C@H]1CC(=O)[C@@H]([C@H](C)[C@H](C)CCCc2ccccn2)N(C)C(=O)[C@@H](C(C)C)N(C)C(=O)[C@@H](CC(C)C)N(C)C(=O)[C@@H](CC(C)C)N(C)C(=O)[C@H](C)NC(=O)[C@@H](C)CC(=O)[C@@H](CC(C)C)N(C)C(=O)[C@@H](C(C)C)CC(=O)[C@H](CC(C)C)N(C)C(=O)[C@@H](COC(C)=O)N(C)C1=O. The van der Waals surface area contributed by atoms with Gasteiger partial charge in [-0.05, 0) is 118 Å². The second-order valence-electron chi connectivity index (χ2n) is 29.8. The summed E-state index contributed by atoms with van der Waals surface area (Å²) in [6.07, 6.45) is 3.56. The number of esters is 1. The fourth-order valence-corrected chi connectivity index (χ4v) is 13.2. The van der Waals surface area contributed by atoms with E-state index in [4.69, 9.17) is 4.74 Å². The maximum absolute atomic E-state index is 15.6. The normalized spacial score (nSPS) is 26.2. The van der Waals surface area contributed by atoms with Gasteiger partial charge in [0.2, 0.25) is 47.3 Å². The van der Waals surface area contributed by atoms with Crippen LogP contribution in [0.2, 0.25) is 0 Å². The predicted molar refractivity (Wildman–Crippen MR) is 368 cm³/mol. The number of pyridine rings is 1. The number of ether oxygens (including phenoxy) is 1. The van der Waals surface area contributed by atoms with Gasteiger partial charge in [-0.25, -0.2) is 0 Å². The molecule has 22 nitrogen and oxygen atoms in total. The summed E-state index contributed by atoms with van der Waals surface area (Å²) in [6.45, 7) is 31.6. The number of aryl methyl sites for hydroxylation is 1. The van der Waals surface area contributed by atoms with Crippen molar-refractivity contribution in [2.75, 3.05) is 55.9 Å². The zero-order valence-electron chi connectivity index (χ0n) is 62.6. The molecule has 95 heavy (non-hydrogen) atoms. The van der Waals surface area contributed by atoms with Crippen molar-refractivity contribution < 1.29 is 62.3 Å². The lowest BCUT2D eigenvalue weighted by Crippen LogP contribution is -2.61. The minimum atomic E-state index is -1.49. The number of carbonyl (C=O) groups excluding carboxylic acids is 12. The summed E-state index contributed by atoms with van der Waals surface area (Å²) in [5.74, 6) is -12.0. The highest BCUT2D eigenvalue weighted by Crippen LogP contribution is 2.32. The van der Waals surface area contributed by atoms with Gasteiger partial charge in [0.25, 0.3) is 0 Å². The average molecular weight is 1330 g/mol. The Morgan fingerprint density at radius 2 is 0.958 bits per heavy atom. The van der Waals surface area contributed by atoms with Crippen molar-refractivity contribution in [2.24, 2.45) is 65.1 Å². The average Bonchev–Trinajstić information content (AvgIpc) is 0.819. The van der Waals surface area contributed by atoms with Gasteiger partial charge >= 0.3 is 5.97 Å². The third-order valence-corrected chi connectivity index (χ3v) is 19.4. The molecule has 1 N–H and O–H groups in total. The van der Waals surface area contributed by atoms with Crippen LogP contribution in [0.5, 0.6) is 0 Å². The number of hydrogen-bond donors (Lipinski definition) is 1. The lowest BCUT2D eigenvalue weighted by Gasteiger charge is -2.42. The molecule has 1 aliphatic rings. The fraction of sp³-hybridized carbons (Fsp3) is 0.767. The molecule has 8 amide bonds. The third kappa shape index (κ3) is 24.2. The van der Waals surface area contributed by atoms with Crippen LogP contribution in [0.15, 0.2) is 24.4 Å². The molecule has 538 valence electrons. The quantitative estimate of drug-likeness (QED) is 0.128. The van der Waals surface area contributed by atoms with Crippen molar-refractivity contribution in [1.82, 2.24) is 44.6 Å². The number of hydrogen-bond acceptors (Lipinski definition) is 14. The standard InChI is InChI=1S/C73H123N9O13/c1-26-53-39-63(86)65(50(16)48(14)30-29-32-54-31-27-28-33-74-54)82(25)73(94)64(47(12)13)81(24)71(92)59(37-45(8)9)79(22)70(91)58(36-44(6)7)78(21)67(88)51(17)75-66(87)49(15)38-61(84)56(34-42(2)3)76(19)69(90)55(46(10)11)40-62(85)57(35-43(4)5)77(20)72(93)60(41-95-52(18)83)80(23)68(53)89/h27-28,31,33,42-51,53,55-60,64-65H,26,29-30,32,34-41H2,1-25H3,(H,75,87)/t48-,49+,50-,51+,53+,55-,56-,57+,58-,59-,60-,64-,65-/m1/s1. The second-order valence-corrected chi connectivity index (χ2v) is 29.8. The highest BCUT2D eigenvalue weighted by atomic mass is 16.5. The zero-order chi connectivity index (χ0) is 73.0. The Balaban J connectivity index is 3.10. The van der Waals surface area contributed by atoms with E-state index in [-0.39, 0.29) is 81.0 Å². The molecule has 0 saturated carbocycles. The van der Waals surface area contributed by atoms with E-state index in [1.54, 1.807) is 47.7 Å². The first-order chi connectivity index (χ1) is 44.0. The number of ketones is 3. The smallest absolute Gasteiger partial charge is 0.302 e. The van der Waals surface area contributed by atoms with Gasteiger partial charge in [0.15, 0.2) is 17.3 Å². The molecular formula is C73H123N9O13. The molecule has 13 atom stereocenters. The van der Waals surface area contributed by atoms with Crippen LogP contribution in [0, 0.1) is 65.1 Å². The molecule has 0 radical (unpaired) electrons. The number of aromatic nitrogens is 1. The number of nitrogens with zero attached hydrogens (tertiary/aromatic N) is 8. The maximum atomic E-state index is 15.6. The molecule has 0 aromatic carbocycles. The van der Waals surface area contributed by atoms with Crippen LogP contribution >= 0.6 is 0 Å². The molecule has 0 unspecified atom stereocenters. The Hall–Kier alpha value is -6.61. The lowest BCUT2D eigenvalue weighted by atomic mass is 9.80. The molecule has 1 aromatic heterocycles. The highest BCUT2D eigenvalue weighted by Gasteiger charge is 2.46. The van der Waals surface area contributed by atoms with Crippen LogP contribution < -0.4 is 5.32 Å². The summed E-state index contributed by atoms with van der Waals surface area (Å²) in [5, 5.41) is 2.76. The molecule has 2 heterocycles. The van der Waals surface area contributed by atoms with Crippen molar-refractivity contribution in [3.8, 4) is 0 Å². The molecule has 0 aliphatic carbocycles. The summed E-state index contributed by atoms with van der Waals surface area (Å²) in [6, 6.07) is -3.68. The zero-order valence-corrected chi connectivity index (χ0v) is 62.6.